The molecule has 0 atom stereocenters. The van der Waals surface area contributed by atoms with Gasteiger partial charge in [0.15, 0.2) is 0 Å². The van der Waals surface area contributed by atoms with E-state index in [9.17, 15) is 1.37 Å². The van der Waals surface area contributed by atoms with Crippen molar-refractivity contribution >= 4 is 21.9 Å². The van der Waals surface area contributed by atoms with E-state index >= 15 is 0 Å². The van der Waals surface area contributed by atoms with E-state index in [2.05, 4.69) is 18.8 Å². The van der Waals surface area contributed by atoms with Crippen LogP contribution in [0.3, 0.4) is 0 Å². The standard InChI is InChI=1S/C34H35NO/c1-21-16-29(26-9-6-8-25(19-26)24-12-14-34(4,5)15-13-24)33-30(17-21)27-10-7-11-28(32(27)36-33)31-18-22(2)23(3)20-35-31/h6-11,16-20,24H,12-15H2,1-5H3/i1D3,2D,3D3,24D. The second kappa shape index (κ2) is 8.62. The summed E-state index contributed by atoms with van der Waals surface area (Å²) in [5.74, 6) is -0.713. The number of rotatable bonds is 3. The number of benzene rings is 3. The molecule has 1 aliphatic rings. The van der Waals surface area contributed by atoms with Crippen LogP contribution in [0.1, 0.15) is 78.6 Å². The van der Waals surface area contributed by atoms with Gasteiger partial charge < -0.3 is 4.42 Å². The molecule has 1 aliphatic carbocycles. The average Bonchev–Trinajstić information content (AvgIpc) is 3.36. The highest BCUT2D eigenvalue weighted by Gasteiger charge is 2.28. The Labute approximate surface area is 225 Å². The minimum absolute atomic E-state index is 0.0474. The lowest BCUT2D eigenvalue weighted by Gasteiger charge is -2.34. The van der Waals surface area contributed by atoms with Crippen LogP contribution in [0.5, 0.6) is 0 Å². The third-order valence-corrected chi connectivity index (χ3v) is 7.65. The lowest BCUT2D eigenvalue weighted by atomic mass is 9.71. The van der Waals surface area contributed by atoms with Crippen LogP contribution < -0.4 is 0 Å². The maximum atomic E-state index is 9.33. The summed E-state index contributed by atoms with van der Waals surface area (Å²) in [6, 6.07) is 18.3. The molecule has 0 amide bonds. The molecular weight excluding hydrogens is 438 g/mol. The Bertz CT molecular complexity index is 1870. The predicted molar refractivity (Wildman–Crippen MR) is 152 cm³/mol. The first-order chi connectivity index (χ1) is 20.6. The van der Waals surface area contributed by atoms with Crippen molar-refractivity contribution in [3.8, 4) is 22.4 Å². The van der Waals surface area contributed by atoms with Crippen LogP contribution in [0.15, 0.2) is 71.3 Å². The van der Waals surface area contributed by atoms with E-state index in [1.54, 1.807) is 18.2 Å². The van der Waals surface area contributed by atoms with E-state index in [0.717, 1.165) is 36.8 Å². The molecule has 2 heteroatoms. The highest BCUT2D eigenvalue weighted by molar-refractivity contribution is 6.13. The lowest BCUT2D eigenvalue weighted by Crippen LogP contribution is -2.20. The second-order valence-corrected chi connectivity index (χ2v) is 10.8. The molecule has 0 radical (unpaired) electrons. The van der Waals surface area contributed by atoms with Crippen LogP contribution in [0.2, 0.25) is 0 Å². The Morgan fingerprint density at radius 1 is 0.889 bits per heavy atom. The SMILES string of the molecule is [2H]Cc1cc(-c2cccc3c2oc2c(-c4cccc(C5([2H])CCC(C)(C)CC5)c4)cc(C([2H])([2H])[2H])cc23)ncc1C([2H])([2H])[2H]. The quantitative estimate of drug-likeness (QED) is 0.256. The predicted octanol–water partition coefficient (Wildman–Crippen LogP) is 9.92. The molecule has 3 aromatic carbocycles. The second-order valence-electron chi connectivity index (χ2n) is 10.8. The summed E-state index contributed by atoms with van der Waals surface area (Å²) in [6.07, 6.45) is 4.76. The van der Waals surface area contributed by atoms with E-state index in [-0.39, 0.29) is 23.4 Å². The smallest absolute Gasteiger partial charge is 0.144 e. The zero-order valence-electron chi connectivity index (χ0n) is 28.7. The molecule has 0 aliphatic heterocycles. The molecule has 0 spiro atoms. The fourth-order valence-corrected chi connectivity index (χ4v) is 5.38. The van der Waals surface area contributed by atoms with Crippen LogP contribution in [-0.2, 0) is 0 Å². The van der Waals surface area contributed by atoms with Gasteiger partial charge in [-0.15, -0.1) is 0 Å². The van der Waals surface area contributed by atoms with Crippen molar-refractivity contribution in [2.75, 3.05) is 0 Å². The summed E-state index contributed by atoms with van der Waals surface area (Å²) in [5.41, 5.74) is 5.27. The Morgan fingerprint density at radius 2 is 1.72 bits per heavy atom. The van der Waals surface area contributed by atoms with Gasteiger partial charge in [-0.05, 0) is 110 Å². The largest absolute Gasteiger partial charge is 0.455 e. The van der Waals surface area contributed by atoms with Gasteiger partial charge in [-0.1, -0.05) is 50.2 Å². The first-order valence-corrected chi connectivity index (χ1v) is 12.5. The highest BCUT2D eigenvalue weighted by Crippen LogP contribution is 2.44. The number of furan rings is 1. The van der Waals surface area contributed by atoms with Crippen molar-refractivity contribution in [2.24, 2.45) is 5.41 Å². The van der Waals surface area contributed by atoms with Crippen LogP contribution in [-0.4, -0.2) is 4.98 Å². The number of pyridine rings is 1. The van der Waals surface area contributed by atoms with Crippen molar-refractivity contribution in [3.63, 3.8) is 0 Å². The highest BCUT2D eigenvalue weighted by atomic mass is 16.3. The Morgan fingerprint density at radius 3 is 2.53 bits per heavy atom. The van der Waals surface area contributed by atoms with Gasteiger partial charge in [0.05, 0.1) is 5.69 Å². The van der Waals surface area contributed by atoms with Gasteiger partial charge in [0.1, 0.15) is 11.2 Å². The summed E-state index contributed by atoms with van der Waals surface area (Å²) in [4.78, 5) is 4.45. The molecule has 36 heavy (non-hydrogen) atoms. The van der Waals surface area contributed by atoms with Crippen LogP contribution >= 0.6 is 0 Å². The van der Waals surface area contributed by atoms with Crippen molar-refractivity contribution in [2.45, 2.75) is 66.0 Å². The Kier molecular flexibility index (Phi) is 3.75. The van der Waals surface area contributed by atoms with Crippen LogP contribution in [0.25, 0.3) is 44.3 Å². The van der Waals surface area contributed by atoms with Gasteiger partial charge in [-0.25, -0.2) is 0 Å². The molecule has 6 rings (SSSR count). The molecule has 182 valence electrons. The lowest BCUT2D eigenvalue weighted by molar-refractivity contribution is 0.224. The fourth-order valence-electron chi connectivity index (χ4n) is 5.38. The molecular formula is C34H35NO. The monoisotopic (exact) mass is 481 g/mol. The average molecular weight is 482 g/mol. The summed E-state index contributed by atoms with van der Waals surface area (Å²) in [5, 5.41) is 1.36. The number of nitrogens with zero attached hydrogens (tertiary/aromatic N) is 1. The van der Waals surface area contributed by atoms with E-state index in [1.165, 1.54) is 6.20 Å². The number of para-hydroxylation sites is 1. The summed E-state index contributed by atoms with van der Waals surface area (Å²) >= 11 is 0. The first-order valence-electron chi connectivity index (χ1n) is 16.7. The number of hydrogen-bond donors (Lipinski definition) is 0. The van der Waals surface area contributed by atoms with Gasteiger partial charge in [-0.2, -0.15) is 0 Å². The zero-order valence-corrected chi connectivity index (χ0v) is 20.7. The van der Waals surface area contributed by atoms with Gasteiger partial charge in [0.2, 0.25) is 0 Å². The zero-order chi connectivity index (χ0) is 31.7. The Hall–Kier alpha value is -3.39. The van der Waals surface area contributed by atoms with Crippen molar-refractivity contribution in [3.05, 3.63) is 89.1 Å². The van der Waals surface area contributed by atoms with Gasteiger partial charge in [0, 0.05) is 39.1 Å². The van der Waals surface area contributed by atoms with E-state index in [1.807, 2.05) is 42.5 Å². The molecule has 1 saturated carbocycles. The van der Waals surface area contributed by atoms with Gasteiger partial charge in [0.25, 0.3) is 0 Å². The summed E-state index contributed by atoms with van der Waals surface area (Å²) in [6.45, 7) is -0.449. The topological polar surface area (TPSA) is 26.0 Å². The van der Waals surface area contributed by atoms with E-state index < -0.39 is 19.6 Å². The Balaban J connectivity index is 1.55. The normalized spacial score (nSPS) is 20.9. The molecule has 2 heterocycles. The molecule has 5 aromatic rings. The molecule has 2 aromatic heterocycles. The number of hydrogen-bond acceptors (Lipinski definition) is 2. The fraction of sp³-hybridized carbons (Fsp3) is 0.324. The minimum Gasteiger partial charge on any atom is -0.455 e. The maximum Gasteiger partial charge on any atom is 0.144 e. The maximum absolute atomic E-state index is 9.33. The van der Waals surface area contributed by atoms with Crippen molar-refractivity contribution < 1.29 is 15.4 Å². The minimum atomic E-state index is -2.38. The summed E-state index contributed by atoms with van der Waals surface area (Å²) in [7, 11) is 0. The van der Waals surface area contributed by atoms with Crippen LogP contribution in [0.4, 0.5) is 0 Å². The van der Waals surface area contributed by atoms with Crippen molar-refractivity contribution in [1.82, 2.24) is 4.98 Å². The summed E-state index contributed by atoms with van der Waals surface area (Å²) < 4.78 is 72.0. The molecule has 1 fully saturated rings. The number of aryl methyl sites for hydroxylation is 3. The van der Waals surface area contributed by atoms with Gasteiger partial charge >= 0.3 is 0 Å². The molecule has 0 unspecified atom stereocenters. The number of fused-ring (bicyclic) bond motifs is 3. The molecule has 0 bridgehead atoms. The molecule has 0 saturated heterocycles. The molecule has 2 nitrogen and oxygen atoms in total. The van der Waals surface area contributed by atoms with Crippen LogP contribution in [0, 0.1) is 26.0 Å². The third-order valence-electron chi connectivity index (χ3n) is 7.65. The van der Waals surface area contributed by atoms with Gasteiger partial charge in [-0.3, -0.25) is 4.98 Å². The van der Waals surface area contributed by atoms with Crippen molar-refractivity contribution in [1.29, 1.82) is 0 Å². The number of aromatic nitrogens is 1. The van der Waals surface area contributed by atoms with E-state index in [0.29, 0.717) is 44.3 Å². The first kappa shape index (κ1) is 15.7. The third kappa shape index (κ3) is 4.03. The van der Waals surface area contributed by atoms with E-state index in [4.69, 9.17) is 14.0 Å². The molecule has 0 N–H and O–H groups in total.